The summed E-state index contributed by atoms with van der Waals surface area (Å²) in [5.41, 5.74) is 0. The third-order valence-corrected chi connectivity index (χ3v) is 4.51. The average Bonchev–Trinajstić information content (AvgIpc) is 2.72. The van der Waals surface area contributed by atoms with Crippen LogP contribution in [0, 0.1) is 0 Å². The van der Waals surface area contributed by atoms with Gasteiger partial charge in [-0.25, -0.2) is 0 Å². The lowest BCUT2D eigenvalue weighted by Crippen LogP contribution is -2.51. The second kappa shape index (κ2) is 5.36. The van der Waals surface area contributed by atoms with E-state index in [1.165, 1.54) is 25.8 Å². The molecule has 17 heavy (non-hydrogen) atoms. The molecular formula is C13H24N2O2. The third kappa shape index (κ3) is 2.47. The summed E-state index contributed by atoms with van der Waals surface area (Å²) >= 11 is 0. The minimum atomic E-state index is -0.677. The fraction of sp³-hybridized carbons (Fsp3) is 0.923. The van der Waals surface area contributed by atoms with Crippen molar-refractivity contribution < 1.29 is 9.90 Å². The van der Waals surface area contributed by atoms with Crippen LogP contribution < -0.4 is 0 Å². The van der Waals surface area contributed by atoms with E-state index < -0.39 is 5.97 Å². The van der Waals surface area contributed by atoms with E-state index in [0.717, 1.165) is 13.0 Å². The van der Waals surface area contributed by atoms with Gasteiger partial charge in [0, 0.05) is 18.6 Å². The molecule has 1 N–H and O–H groups in total. The van der Waals surface area contributed by atoms with E-state index in [1.54, 1.807) is 0 Å². The Hall–Kier alpha value is -0.610. The van der Waals surface area contributed by atoms with Crippen LogP contribution in [0.15, 0.2) is 0 Å². The number of likely N-dealkylation sites (N-methyl/N-ethyl adjacent to an activating group) is 1. The normalized spacial score (nSPS) is 31.5. The van der Waals surface area contributed by atoms with Gasteiger partial charge in [-0.2, -0.15) is 0 Å². The third-order valence-electron chi connectivity index (χ3n) is 4.51. The Morgan fingerprint density at radius 3 is 2.82 bits per heavy atom. The van der Waals surface area contributed by atoms with Crippen LogP contribution in [0.25, 0.3) is 0 Å². The van der Waals surface area contributed by atoms with Crippen molar-refractivity contribution in [2.75, 3.05) is 20.1 Å². The second-order valence-corrected chi connectivity index (χ2v) is 5.38. The molecule has 2 saturated heterocycles. The minimum Gasteiger partial charge on any atom is -0.480 e. The first-order valence-corrected chi connectivity index (χ1v) is 6.84. The predicted molar refractivity (Wildman–Crippen MR) is 67.1 cm³/mol. The van der Waals surface area contributed by atoms with Gasteiger partial charge >= 0.3 is 5.97 Å². The molecule has 2 rings (SSSR count). The molecule has 0 spiro atoms. The van der Waals surface area contributed by atoms with Gasteiger partial charge in [0.15, 0.2) is 0 Å². The van der Waals surface area contributed by atoms with Crippen LogP contribution in [0.5, 0.6) is 0 Å². The Morgan fingerprint density at radius 2 is 2.18 bits per heavy atom. The first kappa shape index (κ1) is 12.8. The SMILES string of the molecule is CCC(C(=O)O)N(C)C1CCN2CCCCC12. The quantitative estimate of drug-likeness (QED) is 0.807. The standard InChI is InChI=1S/C13H24N2O2/c1-3-10(13(16)17)14(2)11-7-9-15-8-5-4-6-12(11)15/h10-12H,3-9H2,1-2H3,(H,16,17). The van der Waals surface area contributed by atoms with E-state index >= 15 is 0 Å². The van der Waals surface area contributed by atoms with E-state index in [-0.39, 0.29) is 6.04 Å². The fourth-order valence-corrected chi connectivity index (χ4v) is 3.56. The highest BCUT2D eigenvalue weighted by Crippen LogP contribution is 2.31. The number of carbonyl (C=O) groups is 1. The molecule has 2 heterocycles. The first-order valence-electron chi connectivity index (χ1n) is 6.84. The van der Waals surface area contributed by atoms with Gasteiger partial charge in [0.2, 0.25) is 0 Å². The van der Waals surface area contributed by atoms with Crippen molar-refractivity contribution >= 4 is 5.97 Å². The highest BCUT2D eigenvalue weighted by Gasteiger charge is 2.40. The molecule has 0 aromatic heterocycles. The minimum absolute atomic E-state index is 0.318. The monoisotopic (exact) mass is 240 g/mol. The van der Waals surface area contributed by atoms with E-state index in [4.69, 9.17) is 0 Å². The summed E-state index contributed by atoms with van der Waals surface area (Å²) in [6, 6.07) is 0.723. The molecular weight excluding hydrogens is 216 g/mol. The Kier molecular flexibility index (Phi) is 4.05. The summed E-state index contributed by atoms with van der Waals surface area (Å²) in [6.07, 6.45) is 5.67. The average molecular weight is 240 g/mol. The van der Waals surface area contributed by atoms with Crippen LogP contribution in [0.1, 0.15) is 39.0 Å². The highest BCUT2D eigenvalue weighted by molar-refractivity contribution is 5.73. The van der Waals surface area contributed by atoms with Crippen LogP contribution >= 0.6 is 0 Å². The predicted octanol–water partition coefficient (Wildman–Crippen LogP) is 1.41. The lowest BCUT2D eigenvalue weighted by atomic mass is 9.97. The van der Waals surface area contributed by atoms with Crippen LogP contribution in [0.4, 0.5) is 0 Å². The maximum atomic E-state index is 11.2. The van der Waals surface area contributed by atoms with Crippen LogP contribution in [0.3, 0.4) is 0 Å². The summed E-state index contributed by atoms with van der Waals surface area (Å²) in [5.74, 6) is -0.677. The summed E-state index contributed by atoms with van der Waals surface area (Å²) in [7, 11) is 1.99. The zero-order valence-corrected chi connectivity index (χ0v) is 10.9. The van der Waals surface area contributed by atoms with Crippen molar-refractivity contribution in [2.24, 2.45) is 0 Å². The van der Waals surface area contributed by atoms with Gasteiger partial charge in [0.05, 0.1) is 0 Å². The summed E-state index contributed by atoms with van der Waals surface area (Å²) < 4.78 is 0. The van der Waals surface area contributed by atoms with Gasteiger partial charge in [-0.3, -0.25) is 14.6 Å². The number of hydrogen-bond acceptors (Lipinski definition) is 3. The number of carboxylic acids is 1. The number of fused-ring (bicyclic) bond motifs is 1. The van der Waals surface area contributed by atoms with Crippen molar-refractivity contribution in [1.82, 2.24) is 9.80 Å². The van der Waals surface area contributed by atoms with Gasteiger partial charge in [-0.1, -0.05) is 13.3 Å². The summed E-state index contributed by atoms with van der Waals surface area (Å²) in [5, 5.41) is 9.24. The van der Waals surface area contributed by atoms with Gasteiger partial charge in [0.1, 0.15) is 6.04 Å². The molecule has 0 aromatic rings. The van der Waals surface area contributed by atoms with Gasteiger partial charge in [-0.05, 0) is 39.3 Å². The van der Waals surface area contributed by atoms with E-state index in [1.807, 2.05) is 14.0 Å². The molecule has 3 atom stereocenters. The number of aliphatic carboxylic acids is 1. The number of rotatable bonds is 4. The largest absolute Gasteiger partial charge is 0.480 e. The van der Waals surface area contributed by atoms with Crippen LogP contribution in [-0.2, 0) is 4.79 Å². The number of piperidine rings is 1. The Bertz CT molecular complexity index is 283. The number of hydrogen-bond donors (Lipinski definition) is 1. The zero-order chi connectivity index (χ0) is 12.4. The summed E-state index contributed by atoms with van der Waals surface area (Å²) in [4.78, 5) is 15.9. The molecule has 3 unspecified atom stereocenters. The first-order chi connectivity index (χ1) is 8.15. The van der Waals surface area contributed by atoms with Crippen molar-refractivity contribution in [3.8, 4) is 0 Å². The molecule has 4 nitrogen and oxygen atoms in total. The van der Waals surface area contributed by atoms with Gasteiger partial charge in [0.25, 0.3) is 0 Å². The van der Waals surface area contributed by atoms with Crippen LogP contribution in [0.2, 0.25) is 0 Å². The maximum absolute atomic E-state index is 11.2. The molecule has 4 heteroatoms. The van der Waals surface area contributed by atoms with E-state index in [9.17, 15) is 9.90 Å². The van der Waals surface area contributed by atoms with Crippen molar-refractivity contribution in [1.29, 1.82) is 0 Å². The highest BCUT2D eigenvalue weighted by atomic mass is 16.4. The maximum Gasteiger partial charge on any atom is 0.320 e. The summed E-state index contributed by atoms with van der Waals surface area (Å²) in [6.45, 7) is 4.32. The van der Waals surface area contributed by atoms with Gasteiger partial charge < -0.3 is 5.11 Å². The smallest absolute Gasteiger partial charge is 0.320 e. The number of nitrogens with zero attached hydrogens (tertiary/aromatic N) is 2. The molecule has 2 fully saturated rings. The van der Waals surface area contributed by atoms with E-state index in [2.05, 4.69) is 9.80 Å². The molecule has 0 amide bonds. The van der Waals surface area contributed by atoms with Crippen LogP contribution in [-0.4, -0.2) is 59.1 Å². The topological polar surface area (TPSA) is 43.8 Å². The van der Waals surface area contributed by atoms with E-state index in [0.29, 0.717) is 18.5 Å². The molecule has 0 saturated carbocycles. The molecule has 0 aromatic carbocycles. The molecule has 0 radical (unpaired) electrons. The Morgan fingerprint density at radius 1 is 1.41 bits per heavy atom. The number of carboxylic acid groups (broad SMARTS) is 1. The molecule has 2 aliphatic rings. The fourth-order valence-electron chi connectivity index (χ4n) is 3.56. The molecule has 0 bridgehead atoms. The molecule has 2 aliphatic heterocycles. The lowest BCUT2D eigenvalue weighted by Gasteiger charge is -2.38. The van der Waals surface area contributed by atoms with Crippen molar-refractivity contribution in [2.45, 2.75) is 57.2 Å². The molecule has 0 aliphatic carbocycles. The van der Waals surface area contributed by atoms with Crippen molar-refractivity contribution in [3.63, 3.8) is 0 Å². The Labute approximate surface area is 104 Å². The molecule has 98 valence electrons. The van der Waals surface area contributed by atoms with Gasteiger partial charge in [-0.15, -0.1) is 0 Å². The second-order valence-electron chi connectivity index (χ2n) is 5.38. The lowest BCUT2D eigenvalue weighted by molar-refractivity contribution is -0.144. The zero-order valence-electron chi connectivity index (χ0n) is 10.9. The van der Waals surface area contributed by atoms with Crippen molar-refractivity contribution in [3.05, 3.63) is 0 Å². The Balaban J connectivity index is 2.03.